The number of nitrogens with zero attached hydrogens (tertiary/aromatic N) is 2. The summed E-state index contributed by atoms with van der Waals surface area (Å²) in [6.45, 7) is 2.01. The minimum atomic E-state index is -0.371. The number of hydrogen-bond donors (Lipinski definition) is 3. The van der Waals surface area contributed by atoms with Crippen LogP contribution in [0.15, 0.2) is 39.5 Å². The van der Waals surface area contributed by atoms with Crippen molar-refractivity contribution in [2.75, 3.05) is 6.54 Å². The van der Waals surface area contributed by atoms with Crippen molar-refractivity contribution >= 4 is 5.91 Å². The maximum Gasteiger partial charge on any atom is 0.340 e. The fourth-order valence-corrected chi connectivity index (χ4v) is 2.17. The van der Waals surface area contributed by atoms with Crippen LogP contribution in [0.3, 0.4) is 0 Å². The van der Waals surface area contributed by atoms with Gasteiger partial charge >= 0.3 is 5.69 Å². The van der Waals surface area contributed by atoms with Crippen LogP contribution in [0.25, 0.3) is 11.3 Å². The molecule has 0 spiro atoms. The van der Waals surface area contributed by atoms with E-state index in [9.17, 15) is 9.59 Å². The number of carbonyl (C=O) groups is 1. The molecule has 3 aromatic rings. The van der Waals surface area contributed by atoms with Crippen molar-refractivity contribution in [2.45, 2.75) is 13.3 Å². The zero-order chi connectivity index (χ0) is 16.2. The van der Waals surface area contributed by atoms with Crippen LogP contribution in [0.2, 0.25) is 0 Å². The van der Waals surface area contributed by atoms with Gasteiger partial charge in [-0.25, -0.2) is 14.9 Å². The molecule has 0 unspecified atom stereocenters. The van der Waals surface area contributed by atoms with Gasteiger partial charge < -0.3 is 9.73 Å². The molecule has 0 fully saturated rings. The second-order valence-electron chi connectivity index (χ2n) is 4.91. The van der Waals surface area contributed by atoms with E-state index in [-0.39, 0.29) is 17.3 Å². The van der Waals surface area contributed by atoms with Crippen LogP contribution in [0.1, 0.15) is 22.2 Å². The summed E-state index contributed by atoms with van der Waals surface area (Å²) >= 11 is 0. The van der Waals surface area contributed by atoms with Gasteiger partial charge in [0, 0.05) is 25.5 Å². The van der Waals surface area contributed by atoms with Gasteiger partial charge in [-0.2, -0.15) is 5.10 Å². The molecule has 8 heteroatoms. The van der Waals surface area contributed by atoms with E-state index in [1.807, 2.05) is 30.3 Å². The molecule has 23 heavy (non-hydrogen) atoms. The maximum absolute atomic E-state index is 12.3. The number of aromatic nitrogens is 4. The number of hydrogen-bond acceptors (Lipinski definition) is 5. The number of H-pyrrole nitrogens is 2. The van der Waals surface area contributed by atoms with E-state index < -0.39 is 0 Å². The predicted octanol–water partition coefficient (Wildman–Crippen LogP) is 1.03. The van der Waals surface area contributed by atoms with E-state index in [2.05, 4.69) is 25.5 Å². The van der Waals surface area contributed by atoms with Gasteiger partial charge in [0.15, 0.2) is 17.3 Å². The average molecular weight is 313 g/mol. The molecule has 2 heterocycles. The van der Waals surface area contributed by atoms with Crippen LogP contribution >= 0.6 is 0 Å². The molecule has 0 saturated heterocycles. The highest BCUT2D eigenvalue weighted by atomic mass is 16.4. The predicted molar refractivity (Wildman–Crippen MR) is 81.9 cm³/mol. The van der Waals surface area contributed by atoms with Crippen LogP contribution in [-0.4, -0.2) is 32.6 Å². The Kier molecular flexibility index (Phi) is 4.05. The highest BCUT2D eigenvalue weighted by Gasteiger charge is 2.19. The topological polar surface area (TPSA) is 117 Å². The molecule has 0 atom stereocenters. The zero-order valence-corrected chi connectivity index (χ0v) is 12.4. The third-order valence-electron chi connectivity index (χ3n) is 3.18. The first-order chi connectivity index (χ1) is 11.1. The van der Waals surface area contributed by atoms with E-state index in [0.717, 1.165) is 5.56 Å². The number of rotatable bonds is 5. The van der Waals surface area contributed by atoms with E-state index in [1.165, 1.54) is 0 Å². The third-order valence-corrected chi connectivity index (χ3v) is 3.18. The van der Waals surface area contributed by atoms with Crippen molar-refractivity contribution in [2.24, 2.45) is 0 Å². The number of carbonyl (C=O) groups excluding carboxylic acids is 1. The van der Waals surface area contributed by atoms with Gasteiger partial charge in [-0.15, -0.1) is 0 Å². The monoisotopic (exact) mass is 313 g/mol. The average Bonchev–Trinajstić information content (AvgIpc) is 3.14. The normalized spacial score (nSPS) is 10.7. The Morgan fingerprint density at radius 2 is 2.09 bits per heavy atom. The number of aromatic amines is 2. The highest BCUT2D eigenvalue weighted by molar-refractivity contribution is 5.97. The lowest BCUT2D eigenvalue weighted by Gasteiger charge is -2.03. The van der Waals surface area contributed by atoms with E-state index >= 15 is 0 Å². The molecule has 0 aliphatic heterocycles. The van der Waals surface area contributed by atoms with Gasteiger partial charge in [0.2, 0.25) is 0 Å². The molecule has 1 aromatic carbocycles. The summed E-state index contributed by atoms with van der Waals surface area (Å²) in [5, 5.41) is 8.79. The molecule has 118 valence electrons. The van der Waals surface area contributed by atoms with Gasteiger partial charge in [-0.05, 0) is 0 Å². The molecule has 2 aromatic heterocycles. The third kappa shape index (κ3) is 3.37. The summed E-state index contributed by atoms with van der Waals surface area (Å²) in [5.41, 5.74) is 0.656. The molecular formula is C15H15N5O3. The number of aryl methyl sites for hydroxylation is 1. The van der Waals surface area contributed by atoms with Crippen LogP contribution in [0.5, 0.6) is 0 Å². The van der Waals surface area contributed by atoms with Crippen molar-refractivity contribution in [3.8, 4) is 11.3 Å². The van der Waals surface area contributed by atoms with Gasteiger partial charge in [0.05, 0.1) is 0 Å². The fraction of sp³-hybridized carbons (Fsp3) is 0.200. The Morgan fingerprint density at radius 3 is 2.78 bits per heavy atom. The Labute approximate surface area is 131 Å². The van der Waals surface area contributed by atoms with Gasteiger partial charge in [0.1, 0.15) is 5.82 Å². The lowest BCUT2D eigenvalue weighted by Crippen LogP contribution is -2.26. The summed E-state index contributed by atoms with van der Waals surface area (Å²) < 4.78 is 5.55. The summed E-state index contributed by atoms with van der Waals surface area (Å²) in [6.07, 6.45) is 0.405. The van der Waals surface area contributed by atoms with Gasteiger partial charge in [0.25, 0.3) is 5.91 Å². The molecule has 3 N–H and O–H groups in total. The van der Waals surface area contributed by atoms with Crippen LogP contribution in [-0.2, 0) is 6.42 Å². The Morgan fingerprint density at radius 1 is 1.30 bits per heavy atom. The second-order valence-corrected chi connectivity index (χ2v) is 4.91. The smallest absolute Gasteiger partial charge is 0.340 e. The van der Waals surface area contributed by atoms with Crippen molar-refractivity contribution < 1.29 is 9.21 Å². The van der Waals surface area contributed by atoms with Crippen molar-refractivity contribution in [3.05, 3.63) is 58.2 Å². The largest absolute Gasteiger partial charge is 0.440 e. The lowest BCUT2D eigenvalue weighted by molar-refractivity contribution is 0.0950. The molecule has 0 radical (unpaired) electrons. The van der Waals surface area contributed by atoms with E-state index in [1.54, 1.807) is 6.92 Å². The van der Waals surface area contributed by atoms with Crippen molar-refractivity contribution in [1.29, 1.82) is 0 Å². The standard InChI is InChI=1S/C15H15N5O3/c1-9-17-12(13(23-9)10-5-3-2-4-6-10)14(21)16-8-7-11-18-15(22)20-19-11/h2-6H,7-8H2,1H3,(H,16,21)(H2,18,19,20,22). The molecule has 3 rings (SSSR count). The molecule has 0 saturated carbocycles. The molecule has 0 aliphatic rings. The summed E-state index contributed by atoms with van der Waals surface area (Å²) in [5.74, 6) is 1.01. The Balaban J connectivity index is 1.71. The second kappa shape index (κ2) is 6.30. The summed E-state index contributed by atoms with van der Waals surface area (Å²) in [4.78, 5) is 29.9. The summed E-state index contributed by atoms with van der Waals surface area (Å²) in [6, 6.07) is 9.32. The number of amides is 1. The van der Waals surface area contributed by atoms with Gasteiger partial charge in [-0.1, -0.05) is 30.3 Å². The number of benzene rings is 1. The number of nitrogens with one attached hydrogen (secondary N) is 3. The quantitative estimate of drug-likeness (QED) is 0.650. The van der Waals surface area contributed by atoms with Gasteiger partial charge in [-0.3, -0.25) is 9.78 Å². The highest BCUT2D eigenvalue weighted by Crippen LogP contribution is 2.24. The minimum absolute atomic E-state index is 0.240. The first kappa shape index (κ1) is 14.8. The van der Waals surface area contributed by atoms with Crippen LogP contribution in [0, 0.1) is 6.92 Å². The Hall–Kier alpha value is -3.16. The SMILES string of the molecule is Cc1nc(C(=O)NCCc2n[nH]c(=O)[nH]2)c(-c2ccccc2)o1. The Bertz CT molecular complexity index is 863. The van der Waals surface area contributed by atoms with E-state index in [0.29, 0.717) is 30.4 Å². The van der Waals surface area contributed by atoms with E-state index in [4.69, 9.17) is 4.42 Å². The van der Waals surface area contributed by atoms with Crippen molar-refractivity contribution in [1.82, 2.24) is 25.5 Å². The zero-order valence-electron chi connectivity index (χ0n) is 12.4. The fourth-order valence-electron chi connectivity index (χ4n) is 2.17. The van der Waals surface area contributed by atoms with Crippen LogP contribution in [0.4, 0.5) is 0 Å². The number of oxazole rings is 1. The first-order valence-electron chi connectivity index (χ1n) is 7.08. The molecule has 8 nitrogen and oxygen atoms in total. The molecule has 1 amide bonds. The molecule has 0 bridgehead atoms. The van der Waals surface area contributed by atoms with Crippen molar-refractivity contribution in [3.63, 3.8) is 0 Å². The maximum atomic E-state index is 12.3. The van der Waals surface area contributed by atoms with Crippen LogP contribution < -0.4 is 11.0 Å². The molecule has 0 aliphatic carbocycles. The first-order valence-corrected chi connectivity index (χ1v) is 7.08. The summed E-state index contributed by atoms with van der Waals surface area (Å²) in [7, 11) is 0. The lowest BCUT2D eigenvalue weighted by atomic mass is 10.1. The minimum Gasteiger partial charge on any atom is -0.440 e. The molecular weight excluding hydrogens is 298 g/mol.